The largest absolute Gasteiger partial charge is 0.335 e. The minimum Gasteiger partial charge on any atom is -0.335 e. The first-order chi connectivity index (χ1) is 10.4. The Morgan fingerprint density at radius 2 is 1.86 bits per heavy atom. The third-order valence-corrected chi connectivity index (χ3v) is 3.26. The van der Waals surface area contributed by atoms with Gasteiger partial charge in [0.1, 0.15) is 17.7 Å². The van der Waals surface area contributed by atoms with Gasteiger partial charge < -0.3 is 4.98 Å². The molecule has 4 rings (SSSR count). The first-order valence-corrected chi connectivity index (χ1v) is 6.58. The van der Waals surface area contributed by atoms with Gasteiger partial charge in [0.05, 0.1) is 11.9 Å². The van der Waals surface area contributed by atoms with Crippen molar-refractivity contribution in [3.05, 3.63) is 61.2 Å². The van der Waals surface area contributed by atoms with Crippen LogP contribution in [0.3, 0.4) is 0 Å². The molecule has 0 amide bonds. The number of aromatic nitrogens is 5. The van der Waals surface area contributed by atoms with Crippen LogP contribution >= 0.6 is 0 Å². The molecular weight excluding hydrogens is 262 g/mol. The molecule has 0 spiro atoms. The summed E-state index contributed by atoms with van der Waals surface area (Å²) in [5, 5.41) is 0. The summed E-state index contributed by atoms with van der Waals surface area (Å²) >= 11 is 0. The van der Waals surface area contributed by atoms with E-state index < -0.39 is 0 Å². The fourth-order valence-electron chi connectivity index (χ4n) is 2.26. The van der Waals surface area contributed by atoms with Crippen LogP contribution in [0.1, 0.15) is 0 Å². The van der Waals surface area contributed by atoms with Crippen LogP contribution in [0.2, 0.25) is 0 Å². The lowest BCUT2D eigenvalue weighted by Gasteiger charge is -2.02. The summed E-state index contributed by atoms with van der Waals surface area (Å²) in [6.45, 7) is 0. The van der Waals surface area contributed by atoms with E-state index in [0.717, 1.165) is 28.2 Å². The van der Waals surface area contributed by atoms with Crippen LogP contribution in [0.15, 0.2) is 61.2 Å². The smallest absolute Gasteiger partial charge is 0.181 e. The lowest BCUT2D eigenvalue weighted by molar-refractivity contribution is 1.20. The number of imidazole rings is 1. The Bertz CT molecular complexity index is 866. The van der Waals surface area contributed by atoms with Crippen LogP contribution < -0.4 is 0 Å². The monoisotopic (exact) mass is 273 g/mol. The lowest BCUT2D eigenvalue weighted by Crippen LogP contribution is -1.85. The molecule has 21 heavy (non-hydrogen) atoms. The van der Waals surface area contributed by atoms with Gasteiger partial charge in [-0.15, -0.1) is 0 Å². The van der Waals surface area contributed by atoms with E-state index in [0.29, 0.717) is 5.65 Å². The minimum atomic E-state index is 0.670. The molecule has 5 nitrogen and oxygen atoms in total. The summed E-state index contributed by atoms with van der Waals surface area (Å²) in [6.07, 6.45) is 5.01. The second-order valence-corrected chi connectivity index (χ2v) is 4.64. The maximum Gasteiger partial charge on any atom is 0.181 e. The first-order valence-electron chi connectivity index (χ1n) is 6.58. The van der Waals surface area contributed by atoms with Gasteiger partial charge in [-0.3, -0.25) is 4.98 Å². The predicted octanol–water partition coefficient (Wildman–Crippen LogP) is 3.08. The molecule has 0 bridgehead atoms. The molecule has 0 saturated heterocycles. The first kappa shape index (κ1) is 11.7. The average molecular weight is 273 g/mol. The topological polar surface area (TPSA) is 67.3 Å². The normalized spacial score (nSPS) is 10.9. The molecule has 1 N–H and O–H groups in total. The third-order valence-electron chi connectivity index (χ3n) is 3.26. The van der Waals surface area contributed by atoms with Crippen LogP contribution in [-0.4, -0.2) is 24.9 Å². The van der Waals surface area contributed by atoms with E-state index in [4.69, 9.17) is 0 Å². The van der Waals surface area contributed by atoms with Crippen molar-refractivity contribution in [3.8, 4) is 22.6 Å². The Hall–Kier alpha value is -3.08. The van der Waals surface area contributed by atoms with E-state index in [1.807, 2.05) is 36.4 Å². The molecular formula is C16H11N5. The molecule has 3 heterocycles. The molecule has 0 aliphatic rings. The third kappa shape index (κ3) is 2.14. The van der Waals surface area contributed by atoms with Crippen molar-refractivity contribution in [2.75, 3.05) is 0 Å². The quantitative estimate of drug-likeness (QED) is 0.609. The zero-order chi connectivity index (χ0) is 14.1. The number of fused-ring (bicyclic) bond motifs is 1. The van der Waals surface area contributed by atoms with Gasteiger partial charge in [-0.05, 0) is 18.2 Å². The van der Waals surface area contributed by atoms with E-state index in [1.54, 1.807) is 12.4 Å². The van der Waals surface area contributed by atoms with E-state index in [1.165, 1.54) is 6.33 Å². The van der Waals surface area contributed by atoms with Crippen molar-refractivity contribution in [1.82, 2.24) is 24.9 Å². The maximum atomic E-state index is 4.49. The molecule has 0 aliphatic heterocycles. The zero-order valence-corrected chi connectivity index (χ0v) is 11.1. The Kier molecular flexibility index (Phi) is 2.67. The van der Waals surface area contributed by atoms with Crippen LogP contribution in [-0.2, 0) is 0 Å². The van der Waals surface area contributed by atoms with Crippen molar-refractivity contribution in [3.63, 3.8) is 0 Å². The number of hydrogen-bond acceptors (Lipinski definition) is 4. The number of H-pyrrole nitrogens is 1. The van der Waals surface area contributed by atoms with E-state index in [9.17, 15) is 0 Å². The zero-order valence-electron chi connectivity index (χ0n) is 11.1. The van der Waals surface area contributed by atoms with Crippen molar-refractivity contribution >= 4 is 11.2 Å². The molecule has 0 radical (unpaired) electrons. The Morgan fingerprint density at radius 3 is 2.71 bits per heavy atom. The molecule has 3 aromatic heterocycles. The average Bonchev–Trinajstić information content (AvgIpc) is 3.00. The summed E-state index contributed by atoms with van der Waals surface area (Å²) in [5.41, 5.74) is 4.49. The Labute approximate surface area is 120 Å². The van der Waals surface area contributed by atoms with Crippen LogP contribution in [0.4, 0.5) is 0 Å². The molecule has 0 fully saturated rings. The van der Waals surface area contributed by atoms with Gasteiger partial charge in [-0.1, -0.05) is 24.3 Å². The van der Waals surface area contributed by atoms with E-state index in [-0.39, 0.29) is 0 Å². The van der Waals surface area contributed by atoms with Crippen LogP contribution in [0.5, 0.6) is 0 Å². The number of aromatic amines is 1. The van der Waals surface area contributed by atoms with E-state index >= 15 is 0 Å². The number of hydrogen-bond donors (Lipinski definition) is 1. The summed E-state index contributed by atoms with van der Waals surface area (Å²) in [6, 6.07) is 14.0. The van der Waals surface area contributed by atoms with Gasteiger partial charge in [0.15, 0.2) is 5.65 Å². The number of nitrogens with one attached hydrogen (secondary N) is 1. The summed E-state index contributed by atoms with van der Waals surface area (Å²) in [5.74, 6) is 0.781. The lowest BCUT2D eigenvalue weighted by atomic mass is 10.1. The minimum absolute atomic E-state index is 0.670. The highest BCUT2D eigenvalue weighted by molar-refractivity contribution is 5.76. The van der Waals surface area contributed by atoms with Crippen LogP contribution in [0, 0.1) is 0 Å². The molecule has 4 aromatic rings. The number of pyridine rings is 1. The fraction of sp³-hybridized carbons (Fsp3) is 0. The fourth-order valence-corrected chi connectivity index (χ4v) is 2.26. The van der Waals surface area contributed by atoms with Crippen LogP contribution in [0.25, 0.3) is 33.8 Å². The Morgan fingerprint density at radius 1 is 0.905 bits per heavy atom. The second-order valence-electron chi connectivity index (χ2n) is 4.64. The molecule has 0 unspecified atom stereocenters. The summed E-state index contributed by atoms with van der Waals surface area (Å²) in [7, 11) is 0. The second kappa shape index (κ2) is 4.79. The standard InChI is InChI=1S/C16H11N5/c1-2-7-18-13(6-1)11-4-3-5-12(8-11)15-20-14-9-17-10-19-16(14)21-15/h1-10H,(H,17,19,20,21). The van der Waals surface area contributed by atoms with Gasteiger partial charge in [-0.2, -0.15) is 0 Å². The summed E-state index contributed by atoms with van der Waals surface area (Å²) in [4.78, 5) is 20.2. The molecule has 100 valence electrons. The van der Waals surface area contributed by atoms with Crippen molar-refractivity contribution in [2.24, 2.45) is 0 Å². The van der Waals surface area contributed by atoms with E-state index in [2.05, 4.69) is 31.0 Å². The van der Waals surface area contributed by atoms with Gasteiger partial charge in [0.25, 0.3) is 0 Å². The number of nitrogens with zero attached hydrogens (tertiary/aromatic N) is 4. The highest BCUT2D eigenvalue weighted by Crippen LogP contribution is 2.24. The van der Waals surface area contributed by atoms with Crippen molar-refractivity contribution in [1.29, 1.82) is 0 Å². The SMILES string of the molecule is c1ccc(-c2cccc(-c3nc4ncncc4[nH]3)c2)nc1. The van der Waals surface area contributed by atoms with Crippen molar-refractivity contribution in [2.45, 2.75) is 0 Å². The highest BCUT2D eigenvalue weighted by Gasteiger charge is 2.07. The molecule has 0 atom stereocenters. The van der Waals surface area contributed by atoms with Gasteiger partial charge in [-0.25, -0.2) is 15.0 Å². The Balaban J connectivity index is 1.82. The summed E-state index contributed by atoms with van der Waals surface area (Å²) < 4.78 is 0. The van der Waals surface area contributed by atoms with Gasteiger partial charge in [0, 0.05) is 17.3 Å². The molecule has 1 aromatic carbocycles. The number of benzene rings is 1. The molecule has 0 aliphatic carbocycles. The molecule has 0 saturated carbocycles. The van der Waals surface area contributed by atoms with Gasteiger partial charge in [0.2, 0.25) is 0 Å². The van der Waals surface area contributed by atoms with Gasteiger partial charge >= 0.3 is 0 Å². The maximum absolute atomic E-state index is 4.49. The number of rotatable bonds is 2. The highest BCUT2D eigenvalue weighted by atomic mass is 15.0. The predicted molar refractivity (Wildman–Crippen MR) is 80.4 cm³/mol. The van der Waals surface area contributed by atoms with Crippen molar-refractivity contribution < 1.29 is 0 Å². The molecule has 5 heteroatoms.